The Hall–Kier alpha value is -2.08. The molecule has 0 aliphatic heterocycles. The summed E-state index contributed by atoms with van der Waals surface area (Å²) in [5.74, 6) is 0.323. The summed E-state index contributed by atoms with van der Waals surface area (Å²) in [6.07, 6.45) is 2.72. The molecule has 1 aromatic carbocycles. The smallest absolute Gasteiger partial charge is 0.168 e. The van der Waals surface area contributed by atoms with Gasteiger partial charge in [-0.2, -0.15) is 5.26 Å². The van der Waals surface area contributed by atoms with Gasteiger partial charge in [-0.1, -0.05) is 13.8 Å². The molecule has 0 saturated heterocycles. The Bertz CT molecular complexity index is 688. The van der Waals surface area contributed by atoms with E-state index in [0.717, 1.165) is 22.9 Å². The maximum absolute atomic E-state index is 12.4. The highest BCUT2D eigenvalue weighted by molar-refractivity contribution is 6.10. The summed E-state index contributed by atoms with van der Waals surface area (Å²) in [5, 5.41) is 9.79. The number of nitrogens with zero attached hydrogens (tertiary/aromatic N) is 1. The summed E-state index contributed by atoms with van der Waals surface area (Å²) in [5.41, 5.74) is 2.35. The molecular formula is C15H14N2O. The maximum atomic E-state index is 12.4. The first-order chi connectivity index (χ1) is 8.53. The van der Waals surface area contributed by atoms with E-state index >= 15 is 0 Å². The molecule has 1 aliphatic rings. The van der Waals surface area contributed by atoms with Crippen molar-refractivity contribution < 1.29 is 4.79 Å². The van der Waals surface area contributed by atoms with E-state index in [1.54, 1.807) is 18.3 Å². The van der Waals surface area contributed by atoms with Gasteiger partial charge < -0.3 is 4.98 Å². The molecule has 1 fully saturated rings. The SMILES string of the molecule is CC1(C)CC1C(=O)c1c[nH]c2ccc(C#N)cc12. The van der Waals surface area contributed by atoms with Crippen LogP contribution in [-0.4, -0.2) is 10.8 Å². The molecule has 1 aromatic heterocycles. The maximum Gasteiger partial charge on any atom is 0.168 e. The lowest BCUT2D eigenvalue weighted by Crippen LogP contribution is -2.05. The molecule has 3 heteroatoms. The van der Waals surface area contributed by atoms with E-state index in [4.69, 9.17) is 5.26 Å². The van der Waals surface area contributed by atoms with E-state index in [-0.39, 0.29) is 17.1 Å². The number of nitrogens with one attached hydrogen (secondary N) is 1. The van der Waals surface area contributed by atoms with Crippen molar-refractivity contribution in [1.29, 1.82) is 5.26 Å². The van der Waals surface area contributed by atoms with Gasteiger partial charge in [0, 0.05) is 28.6 Å². The second kappa shape index (κ2) is 3.46. The molecule has 18 heavy (non-hydrogen) atoms. The van der Waals surface area contributed by atoms with Gasteiger partial charge in [0.05, 0.1) is 11.6 Å². The van der Waals surface area contributed by atoms with Crippen molar-refractivity contribution in [2.24, 2.45) is 11.3 Å². The van der Waals surface area contributed by atoms with Crippen molar-refractivity contribution in [3.05, 3.63) is 35.5 Å². The van der Waals surface area contributed by atoms with E-state index in [9.17, 15) is 4.79 Å². The molecule has 0 bridgehead atoms. The molecule has 1 aliphatic carbocycles. The lowest BCUT2D eigenvalue weighted by Gasteiger charge is -2.01. The molecule has 90 valence electrons. The van der Waals surface area contributed by atoms with Gasteiger partial charge in [-0.05, 0) is 30.0 Å². The highest BCUT2D eigenvalue weighted by Gasteiger charge is 2.50. The van der Waals surface area contributed by atoms with Crippen LogP contribution >= 0.6 is 0 Å². The number of hydrogen-bond acceptors (Lipinski definition) is 2. The summed E-state index contributed by atoms with van der Waals surface area (Å²) >= 11 is 0. The minimum Gasteiger partial charge on any atom is -0.360 e. The molecule has 1 atom stereocenters. The van der Waals surface area contributed by atoms with Crippen molar-refractivity contribution >= 4 is 16.7 Å². The quantitative estimate of drug-likeness (QED) is 0.816. The molecule has 0 radical (unpaired) electrons. The number of Topliss-reactive ketones (excluding diaryl/α,β-unsaturated/α-hetero) is 1. The van der Waals surface area contributed by atoms with Crippen LogP contribution in [0.4, 0.5) is 0 Å². The fraction of sp³-hybridized carbons (Fsp3) is 0.333. The molecule has 1 N–H and O–H groups in total. The summed E-state index contributed by atoms with van der Waals surface area (Å²) in [6.45, 7) is 4.23. The normalized spacial score (nSPS) is 20.6. The first-order valence-corrected chi connectivity index (χ1v) is 6.08. The second-order valence-corrected chi connectivity index (χ2v) is 5.68. The van der Waals surface area contributed by atoms with Crippen molar-refractivity contribution in [3.8, 4) is 6.07 Å². The number of rotatable bonds is 2. The van der Waals surface area contributed by atoms with Gasteiger partial charge in [-0.15, -0.1) is 0 Å². The Balaban J connectivity index is 2.08. The average molecular weight is 238 g/mol. The molecule has 2 aromatic rings. The zero-order valence-electron chi connectivity index (χ0n) is 10.4. The first kappa shape index (κ1) is 11.0. The number of aromatic amines is 1. The minimum absolute atomic E-state index is 0.127. The second-order valence-electron chi connectivity index (χ2n) is 5.68. The van der Waals surface area contributed by atoms with E-state index < -0.39 is 0 Å². The lowest BCUT2D eigenvalue weighted by molar-refractivity contribution is 0.0955. The van der Waals surface area contributed by atoms with Crippen molar-refractivity contribution in [1.82, 2.24) is 4.98 Å². The van der Waals surface area contributed by atoms with Crippen LogP contribution < -0.4 is 0 Å². The van der Waals surface area contributed by atoms with Crippen LogP contribution in [0.2, 0.25) is 0 Å². The largest absolute Gasteiger partial charge is 0.360 e. The van der Waals surface area contributed by atoms with Crippen LogP contribution in [-0.2, 0) is 0 Å². The Morgan fingerprint density at radius 3 is 2.83 bits per heavy atom. The molecule has 0 amide bonds. The molecule has 0 spiro atoms. The Labute approximate surface area is 105 Å². The number of carbonyl (C=O) groups is 1. The van der Waals surface area contributed by atoms with Gasteiger partial charge in [0.2, 0.25) is 0 Å². The summed E-state index contributed by atoms with van der Waals surface area (Å²) in [7, 11) is 0. The third-order valence-corrected chi connectivity index (χ3v) is 3.91. The van der Waals surface area contributed by atoms with Crippen LogP contribution in [0.25, 0.3) is 10.9 Å². The van der Waals surface area contributed by atoms with Crippen molar-refractivity contribution in [2.45, 2.75) is 20.3 Å². The van der Waals surface area contributed by atoms with Gasteiger partial charge in [-0.25, -0.2) is 0 Å². The number of benzene rings is 1. The van der Waals surface area contributed by atoms with E-state index in [0.29, 0.717) is 5.56 Å². The fourth-order valence-electron chi connectivity index (χ4n) is 2.50. The number of carbonyl (C=O) groups excluding carboxylic acids is 1. The van der Waals surface area contributed by atoms with Gasteiger partial charge in [-0.3, -0.25) is 4.79 Å². The summed E-state index contributed by atoms with van der Waals surface area (Å²) in [4.78, 5) is 15.5. The van der Waals surface area contributed by atoms with Crippen LogP contribution in [0.3, 0.4) is 0 Å². The number of nitriles is 1. The predicted molar refractivity (Wildman–Crippen MR) is 69.2 cm³/mol. The molecule has 1 unspecified atom stereocenters. The Morgan fingerprint density at radius 1 is 1.50 bits per heavy atom. The van der Waals surface area contributed by atoms with Gasteiger partial charge in [0.15, 0.2) is 5.78 Å². The number of ketones is 1. The molecule has 3 nitrogen and oxygen atoms in total. The molecule has 3 rings (SSSR count). The molecular weight excluding hydrogens is 224 g/mol. The predicted octanol–water partition coefficient (Wildman–Crippen LogP) is 3.27. The number of H-pyrrole nitrogens is 1. The topological polar surface area (TPSA) is 56.6 Å². The highest BCUT2D eigenvalue weighted by Crippen LogP contribution is 2.53. The van der Waals surface area contributed by atoms with E-state index in [1.165, 1.54) is 0 Å². The Morgan fingerprint density at radius 2 is 2.22 bits per heavy atom. The van der Waals surface area contributed by atoms with Crippen molar-refractivity contribution in [2.75, 3.05) is 0 Å². The third-order valence-electron chi connectivity index (χ3n) is 3.91. The molecule has 1 heterocycles. The van der Waals surface area contributed by atoms with Crippen molar-refractivity contribution in [3.63, 3.8) is 0 Å². The van der Waals surface area contributed by atoms with Crippen LogP contribution in [0.15, 0.2) is 24.4 Å². The van der Waals surface area contributed by atoms with Gasteiger partial charge >= 0.3 is 0 Å². The minimum atomic E-state index is 0.127. The van der Waals surface area contributed by atoms with Crippen LogP contribution in [0, 0.1) is 22.7 Å². The monoisotopic (exact) mass is 238 g/mol. The highest BCUT2D eigenvalue weighted by atomic mass is 16.1. The zero-order valence-corrected chi connectivity index (χ0v) is 10.4. The van der Waals surface area contributed by atoms with Gasteiger partial charge in [0.25, 0.3) is 0 Å². The average Bonchev–Trinajstić information content (AvgIpc) is 2.82. The molecule has 1 saturated carbocycles. The summed E-state index contributed by atoms with van der Waals surface area (Å²) < 4.78 is 0. The lowest BCUT2D eigenvalue weighted by atomic mass is 10.00. The first-order valence-electron chi connectivity index (χ1n) is 6.08. The fourth-order valence-corrected chi connectivity index (χ4v) is 2.50. The third kappa shape index (κ3) is 1.53. The van der Waals surface area contributed by atoms with E-state index in [2.05, 4.69) is 24.9 Å². The Kier molecular flexibility index (Phi) is 2.12. The van der Waals surface area contributed by atoms with Crippen LogP contribution in [0.1, 0.15) is 36.2 Å². The number of hydrogen-bond donors (Lipinski definition) is 1. The van der Waals surface area contributed by atoms with E-state index in [1.807, 2.05) is 6.07 Å². The zero-order chi connectivity index (χ0) is 12.9. The standard InChI is InChI=1S/C15H14N2O/c1-15(2)6-12(15)14(18)11-8-17-13-4-3-9(7-16)5-10(11)13/h3-5,8,12,17H,6H2,1-2H3. The summed E-state index contributed by atoms with van der Waals surface area (Å²) in [6, 6.07) is 7.51. The van der Waals surface area contributed by atoms with Gasteiger partial charge in [0.1, 0.15) is 0 Å². The van der Waals surface area contributed by atoms with Crippen LogP contribution in [0.5, 0.6) is 0 Å². The number of aromatic nitrogens is 1. The number of fused-ring (bicyclic) bond motifs is 1.